The Morgan fingerprint density at radius 3 is 2.65 bits per heavy atom. The molecular formula is C13H14Cl2N2O3. The smallest absolute Gasteiger partial charge is 0.323 e. The van der Waals surface area contributed by atoms with Crippen LogP contribution in [0.5, 0.6) is 0 Å². The van der Waals surface area contributed by atoms with Crippen LogP contribution in [-0.4, -0.2) is 31.8 Å². The van der Waals surface area contributed by atoms with E-state index in [9.17, 15) is 9.90 Å². The molecule has 108 valence electrons. The van der Waals surface area contributed by atoms with E-state index in [1.807, 2.05) is 0 Å². The lowest BCUT2D eigenvalue weighted by Gasteiger charge is -2.07. The molecule has 0 bridgehead atoms. The normalized spacial score (nSPS) is 12.8. The van der Waals surface area contributed by atoms with Crippen molar-refractivity contribution < 1.29 is 15.0 Å². The van der Waals surface area contributed by atoms with E-state index in [1.165, 1.54) is 0 Å². The molecule has 0 saturated carbocycles. The van der Waals surface area contributed by atoms with Gasteiger partial charge in [-0.1, -0.05) is 23.2 Å². The molecule has 7 heteroatoms. The molecule has 0 aliphatic rings. The molecular weight excluding hydrogens is 303 g/mol. The first kappa shape index (κ1) is 15.1. The van der Waals surface area contributed by atoms with Crippen molar-refractivity contribution in [3.63, 3.8) is 0 Å². The number of aliphatic hydroxyl groups excluding tert-OH is 1. The van der Waals surface area contributed by atoms with E-state index in [-0.39, 0.29) is 6.54 Å². The minimum absolute atomic E-state index is 0.205. The molecule has 2 N–H and O–H groups in total. The van der Waals surface area contributed by atoms with Crippen molar-refractivity contribution in [1.29, 1.82) is 0 Å². The molecule has 20 heavy (non-hydrogen) atoms. The molecule has 0 aliphatic heterocycles. The molecule has 1 heterocycles. The molecule has 0 radical (unpaired) electrons. The maximum atomic E-state index is 11.0. The van der Waals surface area contributed by atoms with Gasteiger partial charge in [0.05, 0.1) is 27.2 Å². The summed E-state index contributed by atoms with van der Waals surface area (Å²) in [5.41, 5.74) is 1.23. The molecule has 0 aliphatic carbocycles. The highest BCUT2D eigenvalue weighted by atomic mass is 35.5. The van der Waals surface area contributed by atoms with Crippen LogP contribution in [0.4, 0.5) is 0 Å². The number of aliphatic hydroxyl groups is 1. The van der Waals surface area contributed by atoms with Gasteiger partial charge in [0, 0.05) is 6.42 Å². The first-order valence-corrected chi connectivity index (χ1v) is 6.88. The van der Waals surface area contributed by atoms with Gasteiger partial charge in [0.25, 0.3) is 0 Å². The number of aryl methyl sites for hydroxylation is 1. The molecule has 1 aromatic carbocycles. The van der Waals surface area contributed by atoms with Crippen molar-refractivity contribution >= 4 is 40.2 Å². The number of hydrogen-bond acceptors (Lipinski definition) is 3. The van der Waals surface area contributed by atoms with Gasteiger partial charge < -0.3 is 14.8 Å². The fraction of sp³-hybridized carbons (Fsp3) is 0.385. The first-order chi connectivity index (χ1) is 9.38. The highest BCUT2D eigenvalue weighted by Gasteiger charge is 2.15. The van der Waals surface area contributed by atoms with E-state index in [0.29, 0.717) is 39.7 Å². The van der Waals surface area contributed by atoms with E-state index in [0.717, 1.165) is 0 Å². The van der Waals surface area contributed by atoms with Crippen LogP contribution in [0.2, 0.25) is 10.0 Å². The van der Waals surface area contributed by atoms with Gasteiger partial charge in [0.2, 0.25) is 0 Å². The molecule has 0 saturated heterocycles. The number of carbonyl (C=O) groups is 1. The van der Waals surface area contributed by atoms with E-state index >= 15 is 0 Å². The Balaban J connectivity index is 2.51. The van der Waals surface area contributed by atoms with Crippen LogP contribution in [0.15, 0.2) is 12.1 Å². The number of benzene rings is 1. The number of carboxylic acids is 1. The van der Waals surface area contributed by atoms with Gasteiger partial charge in [0.15, 0.2) is 0 Å². The average molecular weight is 317 g/mol. The minimum atomic E-state index is -0.964. The number of rotatable bonds is 5. The zero-order valence-corrected chi connectivity index (χ0v) is 12.3. The zero-order valence-electron chi connectivity index (χ0n) is 10.8. The zero-order chi connectivity index (χ0) is 14.9. The Labute approximate surface area is 125 Å². The maximum Gasteiger partial charge on any atom is 0.323 e. The van der Waals surface area contributed by atoms with Gasteiger partial charge >= 0.3 is 5.97 Å². The number of hydrogen-bond donors (Lipinski definition) is 2. The highest BCUT2D eigenvalue weighted by Crippen LogP contribution is 2.28. The number of carboxylic acid groups (broad SMARTS) is 1. The van der Waals surface area contributed by atoms with Crippen LogP contribution in [0.3, 0.4) is 0 Å². The fourth-order valence-electron chi connectivity index (χ4n) is 2.01. The molecule has 1 aromatic heterocycles. The lowest BCUT2D eigenvalue weighted by Crippen LogP contribution is -2.13. The lowest BCUT2D eigenvalue weighted by atomic mass is 10.2. The predicted octanol–water partition coefficient (Wildman–Crippen LogP) is 2.74. The number of fused-ring (bicyclic) bond motifs is 1. The van der Waals surface area contributed by atoms with Crippen LogP contribution >= 0.6 is 23.2 Å². The summed E-state index contributed by atoms with van der Waals surface area (Å²) in [6, 6.07) is 3.23. The van der Waals surface area contributed by atoms with Crippen molar-refractivity contribution in [3.05, 3.63) is 28.0 Å². The minimum Gasteiger partial charge on any atom is -0.480 e. The second kappa shape index (κ2) is 5.99. The van der Waals surface area contributed by atoms with Gasteiger partial charge in [-0.3, -0.25) is 4.79 Å². The van der Waals surface area contributed by atoms with Gasteiger partial charge in [-0.15, -0.1) is 0 Å². The summed E-state index contributed by atoms with van der Waals surface area (Å²) in [4.78, 5) is 15.4. The third-order valence-corrected chi connectivity index (χ3v) is 3.67. The van der Waals surface area contributed by atoms with Crippen LogP contribution in [-0.2, 0) is 17.8 Å². The monoisotopic (exact) mass is 316 g/mol. The second-order valence-corrected chi connectivity index (χ2v) is 5.47. The molecule has 2 aromatic rings. The summed E-state index contributed by atoms with van der Waals surface area (Å²) in [6.07, 6.45) is 0.513. The Bertz CT molecular complexity index is 653. The third kappa shape index (κ3) is 3.23. The van der Waals surface area contributed by atoms with E-state index in [2.05, 4.69) is 4.98 Å². The van der Waals surface area contributed by atoms with Crippen molar-refractivity contribution in [2.24, 2.45) is 0 Å². The van der Waals surface area contributed by atoms with Gasteiger partial charge in [-0.2, -0.15) is 0 Å². The summed E-state index contributed by atoms with van der Waals surface area (Å²) in [5, 5.41) is 19.1. The third-order valence-electron chi connectivity index (χ3n) is 2.95. The number of halogens is 2. The summed E-state index contributed by atoms with van der Waals surface area (Å²) in [5.74, 6) is -0.365. The molecule has 0 spiro atoms. The average Bonchev–Trinajstić information content (AvgIpc) is 2.65. The molecule has 5 nitrogen and oxygen atoms in total. The standard InChI is InChI=1S/C13H14Cl2N2O3/c1-7(18)2-3-12-16-10-4-8(14)9(15)5-11(10)17(12)6-13(19)20/h4-5,7,18H,2-3,6H2,1H3,(H,19,20). The number of imidazole rings is 1. The van der Waals surface area contributed by atoms with Crippen molar-refractivity contribution in [3.8, 4) is 0 Å². The number of aromatic nitrogens is 2. The summed E-state index contributed by atoms with van der Waals surface area (Å²) < 4.78 is 1.59. The summed E-state index contributed by atoms with van der Waals surface area (Å²) in [7, 11) is 0. The van der Waals surface area contributed by atoms with Gasteiger partial charge in [0.1, 0.15) is 12.4 Å². The van der Waals surface area contributed by atoms with E-state index in [1.54, 1.807) is 23.6 Å². The molecule has 1 atom stereocenters. The molecule has 2 rings (SSSR count). The highest BCUT2D eigenvalue weighted by molar-refractivity contribution is 6.42. The van der Waals surface area contributed by atoms with Gasteiger partial charge in [-0.05, 0) is 25.5 Å². The fourth-order valence-corrected chi connectivity index (χ4v) is 2.33. The SMILES string of the molecule is CC(O)CCc1nc2cc(Cl)c(Cl)cc2n1CC(=O)O. The number of aliphatic carboxylic acids is 1. The Kier molecular flexibility index (Phi) is 4.52. The Morgan fingerprint density at radius 1 is 1.40 bits per heavy atom. The van der Waals surface area contributed by atoms with Gasteiger partial charge in [-0.25, -0.2) is 4.98 Å². The van der Waals surface area contributed by atoms with Crippen molar-refractivity contribution in [1.82, 2.24) is 9.55 Å². The van der Waals surface area contributed by atoms with E-state index < -0.39 is 12.1 Å². The summed E-state index contributed by atoms with van der Waals surface area (Å²) in [6.45, 7) is 1.47. The maximum absolute atomic E-state index is 11.0. The summed E-state index contributed by atoms with van der Waals surface area (Å²) >= 11 is 11.9. The van der Waals surface area contributed by atoms with E-state index in [4.69, 9.17) is 28.3 Å². The van der Waals surface area contributed by atoms with Crippen LogP contribution in [0.25, 0.3) is 11.0 Å². The Hall–Kier alpha value is -1.30. The topological polar surface area (TPSA) is 75.4 Å². The van der Waals surface area contributed by atoms with Crippen LogP contribution < -0.4 is 0 Å². The molecule has 0 amide bonds. The lowest BCUT2D eigenvalue weighted by molar-refractivity contribution is -0.137. The molecule has 0 fully saturated rings. The first-order valence-electron chi connectivity index (χ1n) is 6.12. The molecule has 1 unspecified atom stereocenters. The van der Waals surface area contributed by atoms with Crippen LogP contribution in [0, 0.1) is 0 Å². The quantitative estimate of drug-likeness (QED) is 0.889. The van der Waals surface area contributed by atoms with Crippen molar-refractivity contribution in [2.75, 3.05) is 0 Å². The number of nitrogens with zero attached hydrogens (tertiary/aromatic N) is 2. The van der Waals surface area contributed by atoms with Crippen molar-refractivity contribution in [2.45, 2.75) is 32.4 Å². The second-order valence-electron chi connectivity index (χ2n) is 4.65. The largest absolute Gasteiger partial charge is 0.480 e. The predicted molar refractivity (Wildman–Crippen MR) is 77.4 cm³/mol. The van der Waals surface area contributed by atoms with Crippen LogP contribution in [0.1, 0.15) is 19.2 Å². The Morgan fingerprint density at radius 2 is 2.05 bits per heavy atom.